The molecular formula is C17H11F2N3O4. The number of aromatic amines is 1. The van der Waals surface area contributed by atoms with Crippen LogP contribution in [0.5, 0.6) is 5.75 Å². The third-order valence-corrected chi connectivity index (χ3v) is 3.46. The molecule has 1 heterocycles. The molecule has 7 nitrogen and oxygen atoms in total. The van der Waals surface area contributed by atoms with Crippen molar-refractivity contribution in [1.29, 1.82) is 0 Å². The zero-order valence-corrected chi connectivity index (χ0v) is 13.0. The predicted molar refractivity (Wildman–Crippen MR) is 91.5 cm³/mol. The molecule has 0 spiro atoms. The molecule has 26 heavy (non-hydrogen) atoms. The summed E-state index contributed by atoms with van der Waals surface area (Å²) in [5.41, 5.74) is -2.52. The number of hydrogen-bond donors (Lipinski definition) is 4. The molecule has 0 atom stereocenters. The van der Waals surface area contributed by atoms with Gasteiger partial charge in [-0.15, -0.1) is 0 Å². The summed E-state index contributed by atoms with van der Waals surface area (Å²) >= 11 is 0. The lowest BCUT2D eigenvalue weighted by atomic mass is 10.2. The number of aromatic nitrogens is 1. The SMILES string of the molecule is O=C(Nc1cc(F)cc(F)c1)Nc1c(O)c(=O)[nH]c2ccccc2c1=O. The summed E-state index contributed by atoms with van der Waals surface area (Å²) in [4.78, 5) is 38.8. The number of amides is 2. The van der Waals surface area contributed by atoms with Gasteiger partial charge in [-0.05, 0) is 24.3 Å². The zero-order chi connectivity index (χ0) is 18.8. The van der Waals surface area contributed by atoms with Crippen molar-refractivity contribution in [3.8, 4) is 5.75 Å². The first kappa shape index (κ1) is 17.1. The monoisotopic (exact) mass is 359 g/mol. The molecule has 0 fully saturated rings. The van der Waals surface area contributed by atoms with Gasteiger partial charge in [-0.3, -0.25) is 9.59 Å². The molecule has 2 amide bonds. The number of benzene rings is 2. The first-order chi connectivity index (χ1) is 12.3. The van der Waals surface area contributed by atoms with Crippen LogP contribution in [0.25, 0.3) is 10.9 Å². The van der Waals surface area contributed by atoms with Crippen LogP contribution in [0, 0.1) is 11.6 Å². The Hall–Kier alpha value is -3.75. The van der Waals surface area contributed by atoms with E-state index in [1.807, 2.05) is 5.32 Å². The summed E-state index contributed by atoms with van der Waals surface area (Å²) in [6.07, 6.45) is 0. The van der Waals surface area contributed by atoms with E-state index in [0.717, 1.165) is 12.1 Å². The van der Waals surface area contributed by atoms with Crippen molar-refractivity contribution < 1.29 is 18.7 Å². The van der Waals surface area contributed by atoms with Gasteiger partial charge in [-0.1, -0.05) is 12.1 Å². The number of nitrogens with one attached hydrogen (secondary N) is 3. The van der Waals surface area contributed by atoms with Gasteiger partial charge in [0, 0.05) is 17.1 Å². The fourth-order valence-electron chi connectivity index (χ4n) is 2.35. The van der Waals surface area contributed by atoms with Gasteiger partial charge >= 0.3 is 6.03 Å². The lowest BCUT2D eigenvalue weighted by Crippen LogP contribution is -2.23. The molecule has 3 rings (SSSR count). The Labute approximate surface area is 143 Å². The van der Waals surface area contributed by atoms with E-state index in [1.54, 1.807) is 12.1 Å². The summed E-state index contributed by atoms with van der Waals surface area (Å²) in [6.45, 7) is 0. The van der Waals surface area contributed by atoms with Gasteiger partial charge in [0.15, 0.2) is 0 Å². The Morgan fingerprint density at radius 2 is 1.65 bits per heavy atom. The van der Waals surface area contributed by atoms with E-state index in [-0.39, 0.29) is 16.6 Å². The van der Waals surface area contributed by atoms with Crippen LogP contribution in [0.2, 0.25) is 0 Å². The van der Waals surface area contributed by atoms with Crippen molar-refractivity contribution in [3.63, 3.8) is 0 Å². The first-order valence-electron chi connectivity index (χ1n) is 7.27. The van der Waals surface area contributed by atoms with Gasteiger partial charge in [0.2, 0.25) is 11.2 Å². The number of para-hydroxylation sites is 1. The maximum absolute atomic E-state index is 13.2. The molecular weight excluding hydrogens is 348 g/mol. The highest BCUT2D eigenvalue weighted by molar-refractivity contribution is 6.01. The summed E-state index contributed by atoms with van der Waals surface area (Å²) in [5, 5.41) is 14.2. The maximum atomic E-state index is 13.2. The second-order valence-corrected chi connectivity index (χ2v) is 5.29. The first-order valence-corrected chi connectivity index (χ1v) is 7.27. The number of urea groups is 1. The van der Waals surface area contributed by atoms with Crippen molar-refractivity contribution in [1.82, 2.24) is 4.98 Å². The molecule has 9 heteroatoms. The van der Waals surface area contributed by atoms with Crippen LogP contribution in [0.3, 0.4) is 0 Å². The van der Waals surface area contributed by atoms with Gasteiger partial charge in [0.25, 0.3) is 5.56 Å². The van der Waals surface area contributed by atoms with E-state index in [4.69, 9.17) is 0 Å². The molecule has 4 N–H and O–H groups in total. The molecule has 0 aliphatic heterocycles. The van der Waals surface area contributed by atoms with Crippen LogP contribution in [-0.2, 0) is 0 Å². The largest absolute Gasteiger partial charge is 0.501 e. The van der Waals surface area contributed by atoms with Gasteiger partial charge in [0.1, 0.15) is 17.3 Å². The van der Waals surface area contributed by atoms with E-state index in [0.29, 0.717) is 6.07 Å². The Bertz CT molecular complexity index is 1120. The minimum atomic E-state index is -1.07. The highest BCUT2D eigenvalue weighted by atomic mass is 19.1. The highest BCUT2D eigenvalue weighted by Gasteiger charge is 2.15. The Morgan fingerprint density at radius 1 is 1.00 bits per heavy atom. The third-order valence-electron chi connectivity index (χ3n) is 3.46. The average molecular weight is 359 g/mol. The molecule has 2 aromatic carbocycles. The van der Waals surface area contributed by atoms with Crippen LogP contribution >= 0.6 is 0 Å². The fraction of sp³-hybridized carbons (Fsp3) is 0. The average Bonchev–Trinajstić information content (AvgIpc) is 2.65. The molecule has 0 unspecified atom stereocenters. The quantitative estimate of drug-likeness (QED) is 0.563. The van der Waals surface area contributed by atoms with Crippen molar-refractivity contribution in [3.05, 3.63) is 74.7 Å². The van der Waals surface area contributed by atoms with E-state index in [2.05, 4.69) is 10.3 Å². The lowest BCUT2D eigenvalue weighted by Gasteiger charge is -2.07. The Morgan fingerprint density at radius 3 is 2.35 bits per heavy atom. The number of halogens is 2. The van der Waals surface area contributed by atoms with E-state index in [9.17, 15) is 28.3 Å². The summed E-state index contributed by atoms with van der Waals surface area (Å²) in [6, 6.07) is 7.23. The molecule has 0 aliphatic carbocycles. The number of hydrogen-bond acceptors (Lipinski definition) is 4. The standard InChI is InChI=1S/C17H11F2N3O4/c18-8-5-9(19)7-10(6-8)20-17(26)22-13-14(23)11-3-1-2-4-12(11)21-16(25)15(13)24/h1-7H,(H4,20,21,22,23,24,25,26). The highest BCUT2D eigenvalue weighted by Crippen LogP contribution is 2.17. The molecule has 3 aromatic rings. The number of aromatic hydroxyl groups is 1. The molecule has 0 bridgehead atoms. The number of anilines is 2. The van der Waals surface area contributed by atoms with Crippen molar-refractivity contribution in [2.24, 2.45) is 0 Å². The normalized spacial score (nSPS) is 10.5. The Balaban J connectivity index is 2.02. The molecule has 0 saturated carbocycles. The van der Waals surface area contributed by atoms with E-state index >= 15 is 0 Å². The topological polar surface area (TPSA) is 111 Å². The van der Waals surface area contributed by atoms with Gasteiger partial charge in [-0.2, -0.15) is 0 Å². The van der Waals surface area contributed by atoms with Gasteiger partial charge < -0.3 is 20.7 Å². The van der Waals surface area contributed by atoms with Crippen molar-refractivity contribution in [2.75, 3.05) is 10.6 Å². The van der Waals surface area contributed by atoms with Gasteiger partial charge in [-0.25, -0.2) is 13.6 Å². The lowest BCUT2D eigenvalue weighted by molar-refractivity contribution is 0.262. The molecule has 1 aromatic heterocycles. The van der Waals surface area contributed by atoms with Crippen molar-refractivity contribution in [2.45, 2.75) is 0 Å². The third kappa shape index (κ3) is 3.36. The molecule has 0 saturated heterocycles. The number of fused-ring (bicyclic) bond motifs is 1. The minimum absolute atomic E-state index is 0.0528. The fourth-order valence-corrected chi connectivity index (χ4v) is 2.35. The second kappa shape index (κ2) is 6.63. The number of carbonyl (C=O) groups is 1. The van der Waals surface area contributed by atoms with Gasteiger partial charge in [0.05, 0.1) is 5.52 Å². The smallest absolute Gasteiger partial charge is 0.323 e. The number of H-pyrrole nitrogens is 1. The van der Waals surface area contributed by atoms with Crippen LogP contribution in [0.15, 0.2) is 52.1 Å². The summed E-state index contributed by atoms with van der Waals surface area (Å²) in [7, 11) is 0. The maximum Gasteiger partial charge on any atom is 0.323 e. The van der Waals surface area contributed by atoms with Crippen LogP contribution in [0.1, 0.15) is 0 Å². The van der Waals surface area contributed by atoms with Crippen LogP contribution in [0.4, 0.5) is 25.0 Å². The van der Waals surface area contributed by atoms with Crippen LogP contribution < -0.4 is 21.6 Å². The second-order valence-electron chi connectivity index (χ2n) is 5.29. The number of rotatable bonds is 2. The summed E-state index contributed by atoms with van der Waals surface area (Å²) in [5.74, 6) is -2.82. The zero-order valence-electron chi connectivity index (χ0n) is 13.0. The summed E-state index contributed by atoms with van der Waals surface area (Å²) < 4.78 is 26.3. The van der Waals surface area contributed by atoms with Crippen molar-refractivity contribution >= 4 is 28.3 Å². The molecule has 0 radical (unpaired) electrons. The predicted octanol–water partition coefficient (Wildman–Crippen LogP) is 2.52. The molecule has 132 valence electrons. The minimum Gasteiger partial charge on any atom is -0.501 e. The molecule has 0 aliphatic rings. The van der Waals surface area contributed by atoms with Crippen LogP contribution in [-0.4, -0.2) is 16.1 Å². The van der Waals surface area contributed by atoms with E-state index in [1.165, 1.54) is 12.1 Å². The Kier molecular flexibility index (Phi) is 4.36. The number of carbonyl (C=O) groups excluding carboxylic acids is 1. The van der Waals surface area contributed by atoms with E-state index < -0.39 is 40.1 Å².